The van der Waals surface area contributed by atoms with Crippen LogP contribution in [0.4, 0.5) is 5.69 Å². The molecule has 1 aromatic heterocycles. The maximum atomic E-state index is 12.5. The van der Waals surface area contributed by atoms with Crippen LogP contribution in [0.15, 0.2) is 77.6 Å². The van der Waals surface area contributed by atoms with Gasteiger partial charge in [0.05, 0.1) is 26.5 Å². The average Bonchev–Trinajstić information content (AvgIpc) is 2.74. The van der Waals surface area contributed by atoms with Crippen molar-refractivity contribution in [3.8, 4) is 0 Å². The summed E-state index contributed by atoms with van der Waals surface area (Å²) in [6.07, 6.45) is 1.67. The standard InChI is InChI=1S/C23H15Cl2N3O2/c24-18-10-3-1-8-16(18)22(29)26-15-7-5-6-14(12-15)13-19(25)21-27-20-11-4-2-9-17(20)23(30)28-21/h1-13H,(H,26,29)(H,27,28,30)/b19-13+. The van der Waals surface area contributed by atoms with Gasteiger partial charge in [-0.15, -0.1) is 0 Å². The zero-order chi connectivity index (χ0) is 21.1. The minimum absolute atomic E-state index is 0.261. The topological polar surface area (TPSA) is 74.8 Å². The predicted octanol–water partition coefficient (Wildman–Crippen LogP) is 5.57. The number of hydrogen-bond acceptors (Lipinski definition) is 3. The second kappa shape index (κ2) is 8.53. The number of benzene rings is 3. The molecule has 0 saturated heterocycles. The zero-order valence-corrected chi connectivity index (χ0v) is 17.0. The molecule has 0 bridgehead atoms. The number of nitrogens with zero attached hydrogens (tertiary/aromatic N) is 1. The maximum Gasteiger partial charge on any atom is 0.259 e. The minimum atomic E-state index is -0.312. The predicted molar refractivity (Wildman–Crippen MR) is 122 cm³/mol. The van der Waals surface area contributed by atoms with Crippen LogP contribution in [0, 0.1) is 0 Å². The van der Waals surface area contributed by atoms with Crippen LogP contribution in [0.1, 0.15) is 21.7 Å². The van der Waals surface area contributed by atoms with Crippen LogP contribution in [0.25, 0.3) is 22.0 Å². The number of amides is 1. The molecule has 0 aliphatic carbocycles. The molecule has 7 heteroatoms. The number of anilines is 1. The average molecular weight is 436 g/mol. The van der Waals surface area contributed by atoms with Gasteiger partial charge in [-0.1, -0.05) is 59.6 Å². The van der Waals surface area contributed by atoms with Gasteiger partial charge in [-0.05, 0) is 48.0 Å². The normalized spacial score (nSPS) is 11.5. The molecule has 0 saturated carbocycles. The quantitative estimate of drug-likeness (QED) is 0.440. The van der Waals surface area contributed by atoms with E-state index in [0.717, 1.165) is 5.56 Å². The summed E-state index contributed by atoms with van der Waals surface area (Å²) in [7, 11) is 0. The van der Waals surface area contributed by atoms with Gasteiger partial charge in [-0.25, -0.2) is 4.98 Å². The fourth-order valence-corrected chi connectivity index (χ4v) is 3.40. The van der Waals surface area contributed by atoms with Gasteiger partial charge in [0.2, 0.25) is 0 Å². The zero-order valence-electron chi connectivity index (χ0n) is 15.5. The van der Waals surface area contributed by atoms with Gasteiger partial charge in [0, 0.05) is 5.69 Å². The van der Waals surface area contributed by atoms with Crippen molar-refractivity contribution in [1.29, 1.82) is 0 Å². The Bertz CT molecular complexity index is 1350. The largest absolute Gasteiger partial charge is 0.322 e. The number of fused-ring (bicyclic) bond motifs is 1. The highest BCUT2D eigenvalue weighted by Crippen LogP contribution is 2.22. The summed E-state index contributed by atoms with van der Waals surface area (Å²) in [6.45, 7) is 0. The van der Waals surface area contributed by atoms with Crippen molar-refractivity contribution in [3.63, 3.8) is 0 Å². The Morgan fingerprint density at radius 1 is 1.00 bits per heavy atom. The first-order valence-electron chi connectivity index (χ1n) is 9.04. The van der Waals surface area contributed by atoms with E-state index in [2.05, 4.69) is 15.3 Å². The van der Waals surface area contributed by atoms with Gasteiger partial charge in [-0.3, -0.25) is 9.59 Å². The molecule has 0 radical (unpaired) electrons. The highest BCUT2D eigenvalue weighted by atomic mass is 35.5. The molecule has 0 atom stereocenters. The third kappa shape index (κ3) is 4.27. The van der Waals surface area contributed by atoms with Crippen LogP contribution in [0.5, 0.6) is 0 Å². The van der Waals surface area contributed by atoms with Crippen molar-refractivity contribution in [3.05, 3.63) is 105 Å². The number of rotatable bonds is 4. The van der Waals surface area contributed by atoms with E-state index in [9.17, 15) is 9.59 Å². The lowest BCUT2D eigenvalue weighted by Gasteiger charge is -2.08. The number of hydrogen-bond donors (Lipinski definition) is 2. The molecule has 5 nitrogen and oxygen atoms in total. The maximum absolute atomic E-state index is 12.5. The number of carbonyl (C=O) groups is 1. The summed E-state index contributed by atoms with van der Waals surface area (Å²) in [5.74, 6) is -0.0424. The first-order chi connectivity index (χ1) is 14.5. The molecule has 30 heavy (non-hydrogen) atoms. The summed E-state index contributed by atoms with van der Waals surface area (Å²) in [6, 6.07) is 21.0. The van der Waals surface area contributed by atoms with Crippen molar-refractivity contribution >= 4 is 56.8 Å². The molecule has 3 aromatic carbocycles. The van der Waals surface area contributed by atoms with Gasteiger partial charge in [0.25, 0.3) is 11.5 Å². The van der Waals surface area contributed by atoms with E-state index < -0.39 is 0 Å². The van der Waals surface area contributed by atoms with Crippen LogP contribution < -0.4 is 10.9 Å². The van der Waals surface area contributed by atoms with Crippen LogP contribution in [-0.2, 0) is 0 Å². The Hall–Kier alpha value is -3.41. The van der Waals surface area contributed by atoms with Gasteiger partial charge < -0.3 is 10.3 Å². The fourth-order valence-electron chi connectivity index (χ4n) is 2.96. The Kier molecular flexibility index (Phi) is 5.65. The monoisotopic (exact) mass is 435 g/mol. The Morgan fingerprint density at radius 2 is 1.77 bits per heavy atom. The molecule has 1 amide bonds. The number of aromatic amines is 1. The van der Waals surface area contributed by atoms with E-state index in [-0.39, 0.29) is 22.3 Å². The SMILES string of the molecule is O=C(Nc1cccc(/C=C(/Cl)c2nc3ccccc3c(=O)[nH]2)c1)c1ccccc1Cl. The summed E-state index contributed by atoms with van der Waals surface area (Å²) in [4.78, 5) is 31.8. The van der Waals surface area contributed by atoms with E-state index in [1.165, 1.54) is 0 Å². The Labute approximate surface area is 182 Å². The molecule has 0 spiro atoms. The highest BCUT2D eigenvalue weighted by Gasteiger charge is 2.10. The third-order valence-corrected chi connectivity index (χ3v) is 5.01. The molecule has 1 heterocycles. The molecule has 4 rings (SSSR count). The number of nitrogens with one attached hydrogen (secondary N) is 2. The van der Waals surface area contributed by atoms with Crippen molar-refractivity contribution < 1.29 is 4.79 Å². The van der Waals surface area contributed by atoms with Gasteiger partial charge in [-0.2, -0.15) is 0 Å². The van der Waals surface area contributed by atoms with Crippen LogP contribution in [0.2, 0.25) is 5.02 Å². The Balaban J connectivity index is 1.61. The second-order valence-corrected chi connectivity index (χ2v) is 7.30. The summed E-state index contributed by atoms with van der Waals surface area (Å²) >= 11 is 12.5. The first kappa shape index (κ1) is 19.9. The number of halogens is 2. The lowest BCUT2D eigenvalue weighted by Crippen LogP contribution is -2.12. The number of carbonyl (C=O) groups excluding carboxylic acids is 1. The van der Waals surface area contributed by atoms with E-state index in [1.54, 1.807) is 72.8 Å². The van der Waals surface area contributed by atoms with Crippen LogP contribution in [0.3, 0.4) is 0 Å². The molecular formula is C23H15Cl2N3O2. The Morgan fingerprint density at radius 3 is 2.60 bits per heavy atom. The van der Waals surface area contributed by atoms with Gasteiger partial charge in [0.1, 0.15) is 0 Å². The molecule has 0 unspecified atom stereocenters. The summed E-state index contributed by atoms with van der Waals surface area (Å²) in [5, 5.41) is 3.96. The fraction of sp³-hybridized carbons (Fsp3) is 0. The van der Waals surface area contributed by atoms with Gasteiger partial charge >= 0.3 is 0 Å². The van der Waals surface area contributed by atoms with Crippen molar-refractivity contribution in [2.45, 2.75) is 0 Å². The van der Waals surface area contributed by atoms with Gasteiger partial charge in [0.15, 0.2) is 5.82 Å². The summed E-state index contributed by atoms with van der Waals surface area (Å²) in [5.41, 5.74) is 1.99. The molecular weight excluding hydrogens is 421 g/mol. The van der Waals surface area contributed by atoms with Crippen LogP contribution >= 0.6 is 23.2 Å². The van der Waals surface area contributed by atoms with E-state index in [4.69, 9.17) is 23.2 Å². The molecule has 0 aliphatic rings. The van der Waals surface area contributed by atoms with E-state index in [0.29, 0.717) is 27.2 Å². The van der Waals surface area contributed by atoms with Crippen molar-refractivity contribution in [2.24, 2.45) is 0 Å². The number of H-pyrrole nitrogens is 1. The number of aromatic nitrogens is 2. The minimum Gasteiger partial charge on any atom is -0.322 e. The molecule has 4 aromatic rings. The smallest absolute Gasteiger partial charge is 0.259 e. The second-order valence-electron chi connectivity index (χ2n) is 6.48. The molecule has 2 N–H and O–H groups in total. The molecule has 148 valence electrons. The van der Waals surface area contributed by atoms with Crippen molar-refractivity contribution in [2.75, 3.05) is 5.32 Å². The van der Waals surface area contributed by atoms with Crippen LogP contribution in [-0.4, -0.2) is 15.9 Å². The highest BCUT2D eigenvalue weighted by molar-refractivity contribution is 6.50. The molecule has 0 aliphatic heterocycles. The lowest BCUT2D eigenvalue weighted by molar-refractivity contribution is 0.102. The van der Waals surface area contributed by atoms with E-state index in [1.807, 2.05) is 6.07 Å². The molecule has 0 fully saturated rings. The summed E-state index contributed by atoms with van der Waals surface area (Å²) < 4.78 is 0. The van der Waals surface area contributed by atoms with E-state index >= 15 is 0 Å². The van der Waals surface area contributed by atoms with Crippen molar-refractivity contribution in [1.82, 2.24) is 9.97 Å². The first-order valence-corrected chi connectivity index (χ1v) is 9.79. The number of para-hydroxylation sites is 1. The lowest BCUT2D eigenvalue weighted by atomic mass is 10.1. The third-order valence-electron chi connectivity index (χ3n) is 4.40.